The van der Waals surface area contributed by atoms with Gasteiger partial charge in [0.05, 0.1) is 24.9 Å². The van der Waals surface area contributed by atoms with E-state index in [-0.39, 0.29) is 24.9 Å². The number of para-hydroxylation sites is 2. The second-order valence-electron chi connectivity index (χ2n) is 8.08. The van der Waals surface area contributed by atoms with Gasteiger partial charge in [0.1, 0.15) is 24.2 Å². The second-order valence-corrected chi connectivity index (χ2v) is 8.08. The van der Waals surface area contributed by atoms with Crippen LogP contribution in [-0.2, 0) is 16.1 Å². The number of amides is 4. The van der Waals surface area contributed by atoms with Crippen molar-refractivity contribution in [1.82, 2.24) is 15.1 Å². The molecular formula is C24H27FN4O4. The topological polar surface area (TPSA) is 91.0 Å². The summed E-state index contributed by atoms with van der Waals surface area (Å²) < 4.78 is 18.8. The van der Waals surface area contributed by atoms with Crippen molar-refractivity contribution in [3.8, 4) is 5.75 Å². The molecule has 2 aromatic carbocycles. The van der Waals surface area contributed by atoms with Crippen LogP contribution in [0.15, 0.2) is 48.5 Å². The van der Waals surface area contributed by atoms with E-state index in [0.29, 0.717) is 36.6 Å². The summed E-state index contributed by atoms with van der Waals surface area (Å²) in [6, 6.07) is 11.2. The molecule has 0 bridgehead atoms. The largest absolute Gasteiger partial charge is 0.492 e. The highest BCUT2D eigenvalue weighted by atomic mass is 19.1. The van der Waals surface area contributed by atoms with E-state index in [4.69, 9.17) is 4.74 Å². The molecule has 2 N–H and O–H groups in total. The van der Waals surface area contributed by atoms with E-state index in [9.17, 15) is 18.8 Å². The number of halogens is 1. The van der Waals surface area contributed by atoms with Crippen molar-refractivity contribution in [3.05, 3.63) is 59.9 Å². The molecule has 33 heavy (non-hydrogen) atoms. The first kappa shape index (κ1) is 22.7. The monoisotopic (exact) mass is 454 g/mol. The Morgan fingerprint density at radius 2 is 1.94 bits per heavy atom. The van der Waals surface area contributed by atoms with Gasteiger partial charge in [-0.1, -0.05) is 24.3 Å². The van der Waals surface area contributed by atoms with Gasteiger partial charge in [-0.25, -0.2) is 9.18 Å². The van der Waals surface area contributed by atoms with Crippen LogP contribution in [0.25, 0.3) is 0 Å². The summed E-state index contributed by atoms with van der Waals surface area (Å²) in [5.41, 5.74) is 1.15. The molecule has 2 aromatic rings. The Labute approximate surface area is 191 Å². The zero-order valence-electron chi connectivity index (χ0n) is 18.4. The van der Waals surface area contributed by atoms with Crippen molar-refractivity contribution in [3.63, 3.8) is 0 Å². The van der Waals surface area contributed by atoms with Gasteiger partial charge >= 0.3 is 6.03 Å². The van der Waals surface area contributed by atoms with Crippen LogP contribution in [0.2, 0.25) is 0 Å². The van der Waals surface area contributed by atoms with Gasteiger partial charge in [0.25, 0.3) is 0 Å². The number of piperidine rings is 1. The quantitative estimate of drug-likeness (QED) is 0.672. The molecule has 4 amide bonds. The highest BCUT2D eigenvalue weighted by molar-refractivity contribution is 6.03. The summed E-state index contributed by atoms with van der Waals surface area (Å²) in [7, 11) is 0. The van der Waals surface area contributed by atoms with Crippen LogP contribution in [0, 0.1) is 5.82 Å². The van der Waals surface area contributed by atoms with Crippen LogP contribution in [-0.4, -0.2) is 59.4 Å². The van der Waals surface area contributed by atoms with Crippen molar-refractivity contribution in [2.45, 2.75) is 38.4 Å². The lowest BCUT2D eigenvalue weighted by atomic mass is 9.93. The third kappa shape index (κ3) is 4.98. The van der Waals surface area contributed by atoms with Crippen LogP contribution in [0.4, 0.5) is 14.9 Å². The number of urea groups is 1. The number of rotatable bonds is 7. The Bertz CT molecular complexity index is 1030. The van der Waals surface area contributed by atoms with Crippen molar-refractivity contribution < 1.29 is 23.5 Å². The number of hydrogen-bond acceptors (Lipinski definition) is 5. The minimum absolute atomic E-state index is 0.00807. The van der Waals surface area contributed by atoms with E-state index >= 15 is 0 Å². The zero-order valence-corrected chi connectivity index (χ0v) is 18.4. The molecule has 2 aliphatic heterocycles. The van der Waals surface area contributed by atoms with Crippen molar-refractivity contribution in [2.75, 3.05) is 25.0 Å². The molecule has 9 heteroatoms. The van der Waals surface area contributed by atoms with Gasteiger partial charge in [0.15, 0.2) is 0 Å². The molecule has 2 aliphatic rings. The molecule has 0 aliphatic carbocycles. The number of imide groups is 1. The number of carbonyl (C=O) groups excluding carboxylic acids is 3. The lowest BCUT2D eigenvalue weighted by Crippen LogP contribution is -2.70. The SMILES string of the molecule is CCOc1ccccc1NC(=O)CN1C(=O)N(Cc2ccc(F)cc2)C(=O)C2NCCCC21. The lowest BCUT2D eigenvalue weighted by molar-refractivity contribution is -0.138. The molecule has 174 valence electrons. The Balaban J connectivity index is 1.53. The zero-order chi connectivity index (χ0) is 23.4. The maximum Gasteiger partial charge on any atom is 0.327 e. The molecule has 2 heterocycles. The Hall–Kier alpha value is -3.46. The number of fused-ring (bicyclic) bond motifs is 1. The molecule has 0 saturated carbocycles. The van der Waals surface area contributed by atoms with Gasteiger partial charge in [-0.2, -0.15) is 0 Å². The van der Waals surface area contributed by atoms with Gasteiger partial charge in [-0.15, -0.1) is 0 Å². The van der Waals surface area contributed by atoms with Gasteiger partial charge in [0, 0.05) is 0 Å². The van der Waals surface area contributed by atoms with Crippen molar-refractivity contribution in [1.29, 1.82) is 0 Å². The molecule has 2 saturated heterocycles. The smallest absolute Gasteiger partial charge is 0.327 e. The molecule has 2 atom stereocenters. The van der Waals surface area contributed by atoms with E-state index in [0.717, 1.165) is 11.3 Å². The summed E-state index contributed by atoms with van der Waals surface area (Å²) in [5, 5.41) is 6.02. The Morgan fingerprint density at radius 3 is 2.70 bits per heavy atom. The third-order valence-corrected chi connectivity index (χ3v) is 5.86. The number of carbonyl (C=O) groups is 3. The maximum absolute atomic E-state index is 13.3. The van der Waals surface area contributed by atoms with Crippen molar-refractivity contribution >= 4 is 23.5 Å². The number of anilines is 1. The highest BCUT2D eigenvalue weighted by Gasteiger charge is 2.47. The molecule has 8 nitrogen and oxygen atoms in total. The van der Waals surface area contributed by atoms with E-state index in [1.54, 1.807) is 18.2 Å². The molecule has 0 aromatic heterocycles. The predicted molar refractivity (Wildman–Crippen MR) is 120 cm³/mol. The first-order valence-electron chi connectivity index (χ1n) is 11.1. The van der Waals surface area contributed by atoms with Gasteiger partial charge in [-0.3, -0.25) is 14.5 Å². The summed E-state index contributed by atoms with van der Waals surface area (Å²) in [6.45, 7) is 2.78. The number of benzene rings is 2. The van der Waals surface area contributed by atoms with Crippen molar-refractivity contribution in [2.24, 2.45) is 0 Å². The van der Waals surface area contributed by atoms with Crippen LogP contribution in [0.1, 0.15) is 25.3 Å². The molecule has 2 fully saturated rings. The highest BCUT2D eigenvalue weighted by Crippen LogP contribution is 2.27. The molecule has 0 radical (unpaired) electrons. The minimum Gasteiger partial charge on any atom is -0.492 e. The van der Waals surface area contributed by atoms with E-state index in [1.807, 2.05) is 13.0 Å². The predicted octanol–water partition coefficient (Wildman–Crippen LogP) is 2.75. The Kier molecular flexibility index (Phi) is 6.88. The first-order valence-corrected chi connectivity index (χ1v) is 11.1. The normalized spacial score (nSPS) is 20.4. The molecular weight excluding hydrogens is 427 g/mol. The summed E-state index contributed by atoms with van der Waals surface area (Å²) in [6.07, 6.45) is 1.42. The van der Waals surface area contributed by atoms with Crippen LogP contribution in [0.5, 0.6) is 5.75 Å². The number of nitrogens with one attached hydrogen (secondary N) is 2. The first-order chi connectivity index (χ1) is 16.0. The van der Waals surface area contributed by atoms with Gasteiger partial charge < -0.3 is 20.3 Å². The summed E-state index contributed by atoms with van der Waals surface area (Å²) >= 11 is 0. The van der Waals surface area contributed by atoms with Gasteiger partial charge in [-0.05, 0) is 56.1 Å². The fraction of sp³-hybridized carbons (Fsp3) is 0.375. The van der Waals surface area contributed by atoms with E-state index in [2.05, 4.69) is 10.6 Å². The Morgan fingerprint density at radius 1 is 1.18 bits per heavy atom. The third-order valence-electron chi connectivity index (χ3n) is 5.86. The number of hydrogen-bond donors (Lipinski definition) is 2. The van der Waals surface area contributed by atoms with Crippen LogP contribution < -0.4 is 15.4 Å². The molecule has 0 spiro atoms. The average molecular weight is 455 g/mol. The molecule has 2 unspecified atom stereocenters. The van der Waals surface area contributed by atoms with Crippen LogP contribution in [0.3, 0.4) is 0 Å². The average Bonchev–Trinajstić information content (AvgIpc) is 2.82. The van der Waals surface area contributed by atoms with Gasteiger partial charge in [0.2, 0.25) is 11.8 Å². The number of nitrogens with zero attached hydrogens (tertiary/aromatic N) is 2. The minimum atomic E-state index is -0.583. The second kappa shape index (κ2) is 9.99. The van der Waals surface area contributed by atoms with E-state index < -0.39 is 23.9 Å². The lowest BCUT2D eigenvalue weighted by Gasteiger charge is -2.46. The van der Waals surface area contributed by atoms with E-state index in [1.165, 1.54) is 29.2 Å². The maximum atomic E-state index is 13.3. The fourth-order valence-electron chi connectivity index (χ4n) is 4.32. The summed E-state index contributed by atoms with van der Waals surface area (Å²) in [5.74, 6) is -0.554. The number of ether oxygens (including phenoxy) is 1. The summed E-state index contributed by atoms with van der Waals surface area (Å²) in [4.78, 5) is 42.0. The standard InChI is InChI=1S/C24H27FN4O4/c1-2-33-20-8-4-3-6-18(20)27-21(30)15-28-19-7-5-13-26-22(19)23(31)29(24(28)32)14-16-9-11-17(25)12-10-16/h3-4,6,8-12,19,22,26H,2,5,7,13-15H2,1H3,(H,27,30). The van der Waals surface area contributed by atoms with Crippen LogP contribution >= 0.6 is 0 Å². The molecule has 4 rings (SSSR count). The fourth-order valence-corrected chi connectivity index (χ4v) is 4.32.